The number of fused-ring (bicyclic) bond motifs is 1. The highest BCUT2D eigenvalue weighted by Crippen LogP contribution is 2.33. The highest BCUT2D eigenvalue weighted by atomic mass is 16.5. The number of methoxy groups -OCH3 is 1. The number of pyridine rings is 1. The molecule has 0 aliphatic carbocycles. The average molecular weight is 621 g/mol. The Morgan fingerprint density at radius 1 is 0.913 bits per heavy atom. The largest absolute Gasteiger partial charge is 0.497 e. The van der Waals surface area contributed by atoms with Gasteiger partial charge in [-0.1, -0.05) is 6.07 Å². The van der Waals surface area contributed by atoms with E-state index in [0.717, 1.165) is 17.0 Å². The Hall–Kier alpha value is -5.91. The molecule has 0 aliphatic heterocycles. The third-order valence-corrected chi connectivity index (χ3v) is 7.36. The molecule has 0 aliphatic rings. The van der Waals surface area contributed by atoms with E-state index in [2.05, 4.69) is 15.6 Å². The van der Waals surface area contributed by atoms with Crippen molar-refractivity contribution in [2.45, 2.75) is 25.3 Å². The topological polar surface area (TPSA) is 183 Å². The number of carbonyl (C=O) groups excluding carboxylic acids is 2. The van der Waals surface area contributed by atoms with Crippen LogP contribution in [0.3, 0.4) is 0 Å². The minimum Gasteiger partial charge on any atom is -0.497 e. The second kappa shape index (κ2) is 14.7. The van der Waals surface area contributed by atoms with Gasteiger partial charge in [-0.25, -0.2) is 4.98 Å². The van der Waals surface area contributed by atoms with Gasteiger partial charge in [-0.05, 0) is 91.7 Å². The lowest BCUT2D eigenvalue weighted by molar-refractivity contribution is -0.121. The van der Waals surface area contributed by atoms with Crippen LogP contribution >= 0.6 is 0 Å². The number of primary amides is 1. The lowest BCUT2D eigenvalue weighted by Crippen LogP contribution is -2.32. The average Bonchev–Trinajstić information content (AvgIpc) is 3.44. The van der Waals surface area contributed by atoms with E-state index in [1.807, 2.05) is 71.3 Å². The van der Waals surface area contributed by atoms with Gasteiger partial charge in [-0.3, -0.25) is 20.0 Å². The standard InChI is InChI=1S/C34H36N8O4/c1-45-25-12-14-27(15-13-25)46-26-10-7-22(8-11-26)32-41-28-21-23(33(44)39-20-17-24-5-2-3-18-38-24)9-16-29(28)42(32)30(31(35)43)6-4-19-40-34(36)37/h2-3,5,7-16,18,21,30H,4,6,17,19-20H2,1H3,(H2,35,43)(H,39,44)(H4,36,37,40)/t30-/m0/s1. The number of hydrogen-bond acceptors (Lipinski definition) is 7. The van der Waals surface area contributed by atoms with Crippen molar-refractivity contribution >= 4 is 28.8 Å². The number of aromatic nitrogens is 3. The molecule has 5 rings (SSSR count). The van der Waals surface area contributed by atoms with E-state index in [9.17, 15) is 9.59 Å². The zero-order valence-electron chi connectivity index (χ0n) is 25.4. The van der Waals surface area contributed by atoms with Crippen molar-refractivity contribution in [3.63, 3.8) is 0 Å². The van der Waals surface area contributed by atoms with Crippen molar-refractivity contribution in [3.8, 4) is 28.6 Å². The van der Waals surface area contributed by atoms with Crippen molar-refractivity contribution in [3.05, 3.63) is 102 Å². The summed E-state index contributed by atoms with van der Waals surface area (Å²) in [5.74, 6) is 1.60. The Balaban J connectivity index is 1.43. The summed E-state index contributed by atoms with van der Waals surface area (Å²) in [6, 6.07) is 24.7. The van der Waals surface area contributed by atoms with Crippen molar-refractivity contribution in [2.75, 3.05) is 20.2 Å². The van der Waals surface area contributed by atoms with E-state index in [0.29, 0.717) is 66.3 Å². The third-order valence-electron chi connectivity index (χ3n) is 7.36. The molecule has 1 atom stereocenters. The quantitative estimate of drug-likeness (QED) is 0.0696. The van der Waals surface area contributed by atoms with Gasteiger partial charge in [-0.2, -0.15) is 0 Å². The summed E-state index contributed by atoms with van der Waals surface area (Å²) in [5.41, 5.74) is 14.6. The number of nitrogens with one attached hydrogen (secondary N) is 3. The fourth-order valence-electron chi connectivity index (χ4n) is 5.08. The summed E-state index contributed by atoms with van der Waals surface area (Å²) in [4.78, 5) is 35.1. The Kier molecular flexibility index (Phi) is 10.1. The number of benzene rings is 3. The highest BCUT2D eigenvalue weighted by Gasteiger charge is 2.25. The number of nitrogens with two attached hydrogens (primary N) is 2. The van der Waals surface area contributed by atoms with Gasteiger partial charge in [0, 0.05) is 42.5 Å². The second-order valence-corrected chi connectivity index (χ2v) is 10.5. The van der Waals surface area contributed by atoms with Gasteiger partial charge < -0.3 is 36.1 Å². The van der Waals surface area contributed by atoms with E-state index >= 15 is 0 Å². The van der Waals surface area contributed by atoms with Crippen LogP contribution in [0.5, 0.6) is 17.2 Å². The first-order valence-corrected chi connectivity index (χ1v) is 14.8. The maximum absolute atomic E-state index is 13.0. The van der Waals surface area contributed by atoms with E-state index in [-0.39, 0.29) is 11.9 Å². The number of hydrogen-bond donors (Lipinski definition) is 5. The van der Waals surface area contributed by atoms with E-state index < -0.39 is 11.9 Å². The molecule has 12 heteroatoms. The lowest BCUT2D eigenvalue weighted by Gasteiger charge is -2.19. The molecule has 236 valence electrons. The van der Waals surface area contributed by atoms with Crippen LogP contribution in [0.1, 0.15) is 34.9 Å². The fraction of sp³-hybridized carbons (Fsp3) is 0.206. The molecule has 5 aromatic rings. The summed E-state index contributed by atoms with van der Waals surface area (Å²) >= 11 is 0. The Bertz CT molecular complexity index is 1810. The number of carbonyl (C=O) groups is 2. The zero-order valence-corrected chi connectivity index (χ0v) is 25.4. The molecule has 0 spiro atoms. The number of ether oxygens (including phenoxy) is 2. The molecule has 12 nitrogen and oxygen atoms in total. The van der Waals surface area contributed by atoms with Crippen LogP contribution in [-0.4, -0.2) is 52.5 Å². The zero-order chi connectivity index (χ0) is 32.5. The maximum atomic E-state index is 13.0. The van der Waals surface area contributed by atoms with Crippen molar-refractivity contribution < 1.29 is 19.1 Å². The predicted octanol–water partition coefficient (Wildman–Crippen LogP) is 4.16. The first-order chi connectivity index (χ1) is 22.3. The molecular weight excluding hydrogens is 584 g/mol. The summed E-state index contributed by atoms with van der Waals surface area (Å²) in [7, 11) is 1.61. The van der Waals surface area contributed by atoms with E-state index in [1.165, 1.54) is 0 Å². The minimum absolute atomic E-state index is 0.146. The highest BCUT2D eigenvalue weighted by molar-refractivity contribution is 5.98. The van der Waals surface area contributed by atoms with E-state index in [4.69, 9.17) is 31.3 Å². The first kappa shape index (κ1) is 31.5. The summed E-state index contributed by atoms with van der Waals surface area (Å²) in [6.07, 6.45) is 3.23. The fourth-order valence-corrected chi connectivity index (χ4v) is 5.08. The van der Waals surface area contributed by atoms with Crippen molar-refractivity contribution in [1.82, 2.24) is 25.2 Å². The Morgan fingerprint density at radius 2 is 1.63 bits per heavy atom. The van der Waals surface area contributed by atoms with Gasteiger partial charge in [0.2, 0.25) is 5.91 Å². The number of rotatable bonds is 14. The van der Waals surface area contributed by atoms with Crippen LogP contribution in [0.2, 0.25) is 0 Å². The molecule has 0 saturated heterocycles. The van der Waals surface area contributed by atoms with Crippen molar-refractivity contribution in [1.29, 1.82) is 5.41 Å². The Labute approximate surface area is 266 Å². The molecule has 2 heterocycles. The molecule has 3 aromatic carbocycles. The molecule has 0 unspecified atom stereocenters. The SMILES string of the molecule is COc1ccc(Oc2ccc(-c3nc4cc(C(=O)NCCc5ccccn5)ccc4n3[C@@H](CCCNC(=N)N)C(N)=O)cc2)cc1. The van der Waals surface area contributed by atoms with Crippen LogP contribution in [-0.2, 0) is 11.2 Å². The van der Waals surface area contributed by atoms with Gasteiger partial charge in [0.05, 0.1) is 18.1 Å². The van der Waals surface area contributed by atoms with Gasteiger partial charge >= 0.3 is 0 Å². The van der Waals surface area contributed by atoms with Crippen LogP contribution in [0.15, 0.2) is 91.1 Å². The number of imidazole rings is 1. The summed E-state index contributed by atoms with van der Waals surface area (Å²) < 4.78 is 13.0. The van der Waals surface area contributed by atoms with Crippen LogP contribution in [0.25, 0.3) is 22.4 Å². The minimum atomic E-state index is -0.748. The van der Waals surface area contributed by atoms with Gasteiger partial charge in [-0.15, -0.1) is 0 Å². The van der Waals surface area contributed by atoms with Crippen LogP contribution in [0.4, 0.5) is 0 Å². The normalized spacial score (nSPS) is 11.5. The molecule has 7 N–H and O–H groups in total. The molecular formula is C34H36N8O4. The molecule has 0 fully saturated rings. The van der Waals surface area contributed by atoms with Crippen molar-refractivity contribution in [2.24, 2.45) is 11.5 Å². The maximum Gasteiger partial charge on any atom is 0.251 e. The molecule has 46 heavy (non-hydrogen) atoms. The van der Waals surface area contributed by atoms with Gasteiger partial charge in [0.1, 0.15) is 29.1 Å². The summed E-state index contributed by atoms with van der Waals surface area (Å²) in [6.45, 7) is 0.831. The third kappa shape index (κ3) is 7.78. The lowest BCUT2D eigenvalue weighted by atomic mass is 10.1. The predicted molar refractivity (Wildman–Crippen MR) is 176 cm³/mol. The monoisotopic (exact) mass is 620 g/mol. The van der Waals surface area contributed by atoms with E-state index in [1.54, 1.807) is 31.5 Å². The smallest absolute Gasteiger partial charge is 0.251 e. The van der Waals surface area contributed by atoms with Crippen LogP contribution < -0.4 is 31.6 Å². The second-order valence-electron chi connectivity index (χ2n) is 10.5. The molecule has 0 bridgehead atoms. The molecule has 2 aromatic heterocycles. The molecule has 0 saturated carbocycles. The number of guanidine groups is 1. The number of amides is 2. The molecule has 2 amide bonds. The first-order valence-electron chi connectivity index (χ1n) is 14.8. The van der Waals surface area contributed by atoms with Gasteiger partial charge in [0.15, 0.2) is 5.96 Å². The van der Waals surface area contributed by atoms with Gasteiger partial charge in [0.25, 0.3) is 5.91 Å². The van der Waals surface area contributed by atoms with Crippen LogP contribution in [0, 0.1) is 5.41 Å². The number of nitrogens with zero attached hydrogens (tertiary/aromatic N) is 3. The molecule has 0 radical (unpaired) electrons. The summed E-state index contributed by atoms with van der Waals surface area (Å²) in [5, 5.41) is 13.1. The Morgan fingerprint density at radius 3 is 2.28 bits per heavy atom.